The largest absolute Gasteiger partial charge is 0.348 e. The highest BCUT2D eigenvalue weighted by atomic mass is 32.2. The summed E-state index contributed by atoms with van der Waals surface area (Å²) in [6, 6.07) is 4.85. The average Bonchev–Trinajstić information content (AvgIpc) is 3.21. The molecule has 1 aromatic rings. The van der Waals surface area contributed by atoms with E-state index in [1.807, 2.05) is 0 Å². The van der Waals surface area contributed by atoms with Crippen LogP contribution < -0.4 is 5.32 Å². The van der Waals surface area contributed by atoms with Crippen molar-refractivity contribution in [1.82, 2.24) is 13.9 Å². The number of benzene rings is 1. The predicted octanol–water partition coefficient (Wildman–Crippen LogP) is 2.21. The van der Waals surface area contributed by atoms with Gasteiger partial charge in [-0.15, -0.1) is 0 Å². The number of aryl methyl sites for hydroxylation is 1. The molecule has 4 rings (SSSR count). The number of hydrogen-bond donors (Lipinski definition) is 1. The van der Waals surface area contributed by atoms with Crippen LogP contribution in [0, 0.1) is 23.7 Å². The van der Waals surface area contributed by atoms with Gasteiger partial charge in [-0.2, -0.15) is 8.61 Å². The molecule has 0 aromatic heterocycles. The van der Waals surface area contributed by atoms with Gasteiger partial charge >= 0.3 is 0 Å². The molecule has 2 aliphatic carbocycles. The summed E-state index contributed by atoms with van der Waals surface area (Å²) in [5.41, 5.74) is 0.963. The second kappa shape index (κ2) is 8.03. The van der Waals surface area contributed by atoms with Gasteiger partial charge in [0.1, 0.15) is 0 Å². The van der Waals surface area contributed by atoms with Crippen molar-refractivity contribution in [3.8, 4) is 0 Å². The average molecular weight is 498 g/mol. The Morgan fingerprint density at radius 1 is 1.03 bits per heavy atom. The Morgan fingerprint density at radius 3 is 2.18 bits per heavy atom. The maximum Gasteiger partial charge on any atom is 0.251 e. The zero-order chi connectivity index (χ0) is 24.4. The van der Waals surface area contributed by atoms with Crippen molar-refractivity contribution >= 4 is 26.0 Å². The summed E-state index contributed by atoms with van der Waals surface area (Å²) in [5, 5.41) is 3.24. The number of carbonyl (C=O) groups excluding carboxylic acids is 1. The number of amides is 1. The van der Waals surface area contributed by atoms with Crippen molar-refractivity contribution < 1.29 is 21.6 Å². The van der Waals surface area contributed by atoms with Gasteiger partial charge in [-0.05, 0) is 60.6 Å². The highest BCUT2D eigenvalue weighted by Crippen LogP contribution is 2.62. The van der Waals surface area contributed by atoms with Crippen LogP contribution in [-0.2, 0) is 20.0 Å². The molecular weight excluding hydrogens is 462 g/mol. The summed E-state index contributed by atoms with van der Waals surface area (Å²) in [6.45, 7) is 8.79. The fourth-order valence-corrected chi connectivity index (χ4v) is 8.78. The van der Waals surface area contributed by atoms with Gasteiger partial charge in [-0.3, -0.25) is 4.79 Å². The molecule has 33 heavy (non-hydrogen) atoms. The minimum atomic E-state index is -3.86. The zero-order valence-corrected chi connectivity index (χ0v) is 21.7. The van der Waals surface area contributed by atoms with E-state index in [0.29, 0.717) is 17.0 Å². The lowest BCUT2D eigenvalue weighted by Gasteiger charge is -2.43. The minimum Gasteiger partial charge on any atom is -0.348 e. The number of fused-ring (bicyclic) bond motifs is 2. The van der Waals surface area contributed by atoms with Crippen molar-refractivity contribution in [1.29, 1.82) is 0 Å². The van der Waals surface area contributed by atoms with Crippen LogP contribution in [-0.4, -0.2) is 69.8 Å². The molecule has 1 aromatic carbocycles. The molecule has 2 unspecified atom stereocenters. The normalized spacial score (nSPS) is 30.5. The van der Waals surface area contributed by atoms with E-state index in [4.69, 9.17) is 0 Å². The van der Waals surface area contributed by atoms with Gasteiger partial charge in [-0.25, -0.2) is 16.8 Å². The van der Waals surface area contributed by atoms with E-state index in [2.05, 4.69) is 26.1 Å². The van der Waals surface area contributed by atoms with Crippen LogP contribution in [0.3, 0.4) is 0 Å². The predicted molar refractivity (Wildman–Crippen MR) is 127 cm³/mol. The fraction of sp³-hybridized carbons (Fsp3) is 0.696. The number of rotatable bonds is 5. The molecule has 3 atom stereocenters. The Labute approximate surface area is 197 Å². The number of nitrogens with zero attached hydrogens (tertiary/aromatic N) is 2. The molecule has 184 valence electrons. The molecule has 2 bridgehead atoms. The van der Waals surface area contributed by atoms with E-state index in [0.717, 1.165) is 19.1 Å². The van der Waals surface area contributed by atoms with Crippen molar-refractivity contribution in [2.24, 2.45) is 16.7 Å². The highest BCUT2D eigenvalue weighted by molar-refractivity contribution is 7.89. The van der Waals surface area contributed by atoms with E-state index in [-0.39, 0.29) is 53.9 Å². The molecule has 1 N–H and O–H groups in total. The molecule has 1 saturated heterocycles. The van der Waals surface area contributed by atoms with Crippen LogP contribution in [0.25, 0.3) is 0 Å². The first-order valence-electron chi connectivity index (χ1n) is 11.5. The van der Waals surface area contributed by atoms with Gasteiger partial charge in [0.2, 0.25) is 20.0 Å². The Bertz CT molecular complexity index is 1170. The topological polar surface area (TPSA) is 104 Å². The van der Waals surface area contributed by atoms with Crippen molar-refractivity contribution in [3.63, 3.8) is 0 Å². The van der Waals surface area contributed by atoms with Crippen LogP contribution in [0.15, 0.2) is 23.1 Å². The van der Waals surface area contributed by atoms with Gasteiger partial charge in [0.15, 0.2) is 0 Å². The first-order valence-corrected chi connectivity index (χ1v) is 14.8. The maximum atomic E-state index is 13.4. The van der Waals surface area contributed by atoms with Crippen LogP contribution in [0.4, 0.5) is 0 Å². The number of hydrogen-bond acceptors (Lipinski definition) is 5. The molecule has 2 saturated carbocycles. The van der Waals surface area contributed by atoms with Crippen LogP contribution >= 0.6 is 0 Å². The first-order chi connectivity index (χ1) is 15.2. The Kier molecular flexibility index (Phi) is 6.00. The monoisotopic (exact) mass is 497 g/mol. The summed E-state index contributed by atoms with van der Waals surface area (Å²) >= 11 is 0. The summed E-state index contributed by atoms with van der Waals surface area (Å²) < 4.78 is 52.8. The van der Waals surface area contributed by atoms with Gasteiger partial charge in [0, 0.05) is 37.8 Å². The van der Waals surface area contributed by atoms with Crippen LogP contribution in [0.1, 0.15) is 56.0 Å². The van der Waals surface area contributed by atoms with Crippen molar-refractivity contribution in [2.45, 2.75) is 57.9 Å². The SMILES string of the molecule is Cc1ccc(C(=O)NC2C3(C)CC[C@H](C3)C2(C)C)cc1S(=O)(=O)N1CCN(S(C)(=O)=O)CC1. The molecule has 1 amide bonds. The molecule has 0 radical (unpaired) electrons. The minimum absolute atomic E-state index is 0.00154. The van der Waals surface area contributed by atoms with E-state index >= 15 is 0 Å². The van der Waals surface area contributed by atoms with E-state index in [1.54, 1.807) is 19.1 Å². The smallest absolute Gasteiger partial charge is 0.251 e. The quantitative estimate of drug-likeness (QED) is 0.672. The molecule has 1 aliphatic heterocycles. The highest BCUT2D eigenvalue weighted by Gasteiger charge is 2.59. The molecule has 8 nitrogen and oxygen atoms in total. The number of nitrogens with one attached hydrogen (secondary N) is 1. The molecule has 0 spiro atoms. The summed E-state index contributed by atoms with van der Waals surface area (Å²) in [7, 11) is -7.21. The second-order valence-electron chi connectivity index (χ2n) is 10.9. The Morgan fingerprint density at radius 2 is 1.64 bits per heavy atom. The summed E-state index contributed by atoms with van der Waals surface area (Å²) in [5.74, 6) is 0.340. The third kappa shape index (κ3) is 4.24. The Hall–Kier alpha value is -1.49. The first kappa shape index (κ1) is 24.6. The number of sulfonamides is 2. The molecular formula is C23H35N3O5S2. The molecule has 3 aliphatic rings. The van der Waals surface area contributed by atoms with E-state index in [1.165, 1.54) is 21.1 Å². The third-order valence-electron chi connectivity index (χ3n) is 8.28. The summed E-state index contributed by atoms with van der Waals surface area (Å²) in [4.78, 5) is 13.3. The van der Waals surface area contributed by atoms with Gasteiger partial charge in [0.05, 0.1) is 11.2 Å². The fourth-order valence-electron chi connectivity index (χ4n) is 6.28. The molecule has 10 heteroatoms. The third-order valence-corrected chi connectivity index (χ3v) is 11.6. The number of piperazine rings is 1. The second-order valence-corrected chi connectivity index (χ2v) is 14.8. The number of carbonyl (C=O) groups is 1. The van der Waals surface area contributed by atoms with Gasteiger partial charge in [-0.1, -0.05) is 26.8 Å². The van der Waals surface area contributed by atoms with Crippen LogP contribution in [0.2, 0.25) is 0 Å². The maximum absolute atomic E-state index is 13.4. The van der Waals surface area contributed by atoms with Crippen LogP contribution in [0.5, 0.6) is 0 Å². The lowest BCUT2D eigenvalue weighted by molar-refractivity contribution is 0.0737. The van der Waals surface area contributed by atoms with Crippen molar-refractivity contribution in [3.05, 3.63) is 29.3 Å². The van der Waals surface area contributed by atoms with Crippen molar-refractivity contribution in [2.75, 3.05) is 32.4 Å². The summed E-state index contributed by atoms with van der Waals surface area (Å²) in [6.07, 6.45) is 4.52. The zero-order valence-electron chi connectivity index (χ0n) is 20.1. The lowest BCUT2D eigenvalue weighted by Crippen LogP contribution is -2.52. The lowest BCUT2D eigenvalue weighted by atomic mass is 9.68. The van der Waals surface area contributed by atoms with Gasteiger partial charge in [0.25, 0.3) is 5.91 Å². The van der Waals surface area contributed by atoms with E-state index in [9.17, 15) is 21.6 Å². The van der Waals surface area contributed by atoms with Gasteiger partial charge < -0.3 is 5.32 Å². The molecule has 3 fully saturated rings. The molecule has 1 heterocycles. The standard InChI is InChI=1S/C23H35N3O5S2/c1-16-6-7-17(20(27)24-21-22(2,3)18-8-9-23(21,4)15-18)14-19(16)33(30,31)26-12-10-25(11-13-26)32(5,28)29/h6-7,14,18,21H,8-13,15H2,1-5H3,(H,24,27)/t18-,21?,23?/m1/s1. The van der Waals surface area contributed by atoms with E-state index < -0.39 is 20.0 Å². The Balaban J connectivity index is 1.55.